The summed E-state index contributed by atoms with van der Waals surface area (Å²) in [4.78, 5) is 16.5. The first-order chi connectivity index (χ1) is 16.6. The molecule has 10 nitrogen and oxygen atoms in total. The Labute approximate surface area is 195 Å². The van der Waals surface area contributed by atoms with E-state index in [0.717, 1.165) is 11.1 Å². The summed E-state index contributed by atoms with van der Waals surface area (Å²) < 4.78 is 17.9. The average Bonchev–Trinajstić information content (AvgIpc) is 3.43. The van der Waals surface area contributed by atoms with Crippen molar-refractivity contribution < 1.29 is 19.0 Å². The van der Waals surface area contributed by atoms with Gasteiger partial charge >= 0.3 is 0 Å². The second kappa shape index (κ2) is 8.71. The molecule has 0 radical (unpaired) electrons. The summed E-state index contributed by atoms with van der Waals surface area (Å²) in [6.07, 6.45) is 2.33. The van der Waals surface area contributed by atoms with Crippen LogP contribution in [0.3, 0.4) is 0 Å². The largest absolute Gasteiger partial charge is 0.493 e. The van der Waals surface area contributed by atoms with Crippen molar-refractivity contribution in [3.05, 3.63) is 53.7 Å². The van der Waals surface area contributed by atoms with Gasteiger partial charge in [-0.25, -0.2) is 9.50 Å². The SMILES string of the molecule is COc1ccc(CCNc2c(-c3ccc4c(c3)NC(=O)CO4)nc3c(C#N)c[nH]n23)cc1OC. The van der Waals surface area contributed by atoms with E-state index in [-0.39, 0.29) is 12.5 Å². The van der Waals surface area contributed by atoms with Gasteiger partial charge in [-0.1, -0.05) is 6.07 Å². The third-order valence-electron chi connectivity index (χ3n) is 5.62. The zero-order chi connectivity index (χ0) is 23.7. The number of nitrogens with zero attached hydrogens (tertiary/aromatic N) is 3. The van der Waals surface area contributed by atoms with E-state index >= 15 is 0 Å². The van der Waals surface area contributed by atoms with E-state index in [1.807, 2.05) is 30.3 Å². The summed E-state index contributed by atoms with van der Waals surface area (Å²) in [7, 11) is 3.22. The van der Waals surface area contributed by atoms with E-state index in [2.05, 4.69) is 21.8 Å². The number of aromatic amines is 1. The number of H-pyrrole nitrogens is 1. The highest BCUT2D eigenvalue weighted by atomic mass is 16.5. The number of hydrogen-bond acceptors (Lipinski definition) is 7. The number of nitrogens with one attached hydrogen (secondary N) is 3. The molecule has 1 amide bonds. The molecule has 4 aromatic rings. The summed E-state index contributed by atoms with van der Waals surface area (Å²) in [5, 5.41) is 18.8. The third kappa shape index (κ3) is 3.73. The molecule has 2 aromatic carbocycles. The molecule has 0 atom stereocenters. The van der Waals surface area contributed by atoms with Crippen LogP contribution >= 0.6 is 0 Å². The van der Waals surface area contributed by atoms with E-state index in [1.165, 1.54) is 0 Å². The maximum Gasteiger partial charge on any atom is 0.262 e. The minimum Gasteiger partial charge on any atom is -0.493 e. The number of anilines is 2. The fourth-order valence-corrected chi connectivity index (χ4v) is 3.96. The number of fused-ring (bicyclic) bond motifs is 2. The monoisotopic (exact) mass is 458 g/mol. The molecule has 0 spiro atoms. The number of aromatic nitrogens is 3. The van der Waals surface area contributed by atoms with E-state index < -0.39 is 0 Å². The van der Waals surface area contributed by atoms with E-state index in [0.29, 0.717) is 58.6 Å². The van der Waals surface area contributed by atoms with Crippen LogP contribution in [0.5, 0.6) is 17.2 Å². The molecule has 3 N–H and O–H groups in total. The van der Waals surface area contributed by atoms with Gasteiger partial charge in [-0.2, -0.15) is 5.26 Å². The summed E-state index contributed by atoms with van der Waals surface area (Å²) in [5.74, 6) is 2.46. The van der Waals surface area contributed by atoms with Crippen LogP contribution in [0.1, 0.15) is 11.1 Å². The Balaban J connectivity index is 1.46. The quantitative estimate of drug-likeness (QED) is 0.388. The predicted octanol–water partition coefficient (Wildman–Crippen LogP) is 3.20. The smallest absolute Gasteiger partial charge is 0.262 e. The molecule has 2 aromatic heterocycles. The highest BCUT2D eigenvalue weighted by Gasteiger charge is 2.21. The number of nitriles is 1. The van der Waals surface area contributed by atoms with Gasteiger partial charge in [-0.15, -0.1) is 0 Å². The summed E-state index contributed by atoms with van der Waals surface area (Å²) in [6.45, 7) is 0.594. The lowest BCUT2D eigenvalue weighted by Crippen LogP contribution is -2.25. The number of hydrogen-bond donors (Lipinski definition) is 3. The van der Waals surface area contributed by atoms with E-state index in [1.54, 1.807) is 31.0 Å². The number of methoxy groups -OCH3 is 2. The third-order valence-corrected chi connectivity index (χ3v) is 5.62. The zero-order valence-corrected chi connectivity index (χ0v) is 18.6. The molecule has 0 saturated heterocycles. The van der Waals surface area contributed by atoms with Gasteiger partial charge in [-0.3, -0.25) is 9.89 Å². The number of ether oxygens (including phenoxy) is 3. The lowest BCUT2D eigenvalue weighted by atomic mass is 10.1. The van der Waals surface area contributed by atoms with E-state index in [9.17, 15) is 10.1 Å². The lowest BCUT2D eigenvalue weighted by molar-refractivity contribution is -0.118. The zero-order valence-electron chi connectivity index (χ0n) is 18.6. The van der Waals surface area contributed by atoms with Gasteiger partial charge in [0.2, 0.25) is 0 Å². The van der Waals surface area contributed by atoms with Crippen molar-refractivity contribution in [2.45, 2.75) is 6.42 Å². The molecule has 3 heterocycles. The Kier molecular flexibility index (Phi) is 5.43. The highest BCUT2D eigenvalue weighted by Crippen LogP contribution is 2.36. The number of carbonyl (C=O) groups is 1. The Morgan fingerprint density at radius 1 is 1.21 bits per heavy atom. The van der Waals surface area contributed by atoms with Gasteiger partial charge in [0.1, 0.15) is 23.1 Å². The number of imidazole rings is 1. The van der Waals surface area contributed by atoms with Crippen LogP contribution in [0.4, 0.5) is 11.5 Å². The first kappa shape index (κ1) is 21.2. The molecule has 0 fully saturated rings. The molecule has 0 aliphatic carbocycles. The molecule has 0 unspecified atom stereocenters. The molecular weight excluding hydrogens is 436 g/mol. The summed E-state index contributed by atoms with van der Waals surface area (Å²) >= 11 is 0. The average molecular weight is 458 g/mol. The molecule has 34 heavy (non-hydrogen) atoms. The van der Waals surface area contributed by atoms with Crippen LogP contribution in [-0.4, -0.2) is 47.9 Å². The number of amides is 1. The molecule has 5 rings (SSSR count). The van der Waals surface area contributed by atoms with Crippen molar-refractivity contribution >= 4 is 23.1 Å². The molecule has 0 saturated carbocycles. The van der Waals surface area contributed by atoms with Crippen LogP contribution in [0.15, 0.2) is 42.6 Å². The number of rotatable bonds is 7. The molecular formula is C24H22N6O4. The minimum absolute atomic E-state index is 0.00564. The molecule has 1 aliphatic heterocycles. The maximum absolute atomic E-state index is 11.8. The fourth-order valence-electron chi connectivity index (χ4n) is 3.96. The standard InChI is InChI=1S/C24H22N6O4/c1-32-19-5-3-14(9-20(19)33-2)7-8-26-24-22(29-23-16(11-25)12-27-30(23)24)15-4-6-18-17(10-15)28-21(31)13-34-18/h3-6,9-10,12,26-27H,7-8,13H2,1-2H3,(H,28,31). The second-order valence-corrected chi connectivity index (χ2v) is 7.68. The number of carbonyl (C=O) groups excluding carboxylic acids is 1. The van der Waals surface area contributed by atoms with Gasteiger partial charge in [0.15, 0.2) is 29.6 Å². The van der Waals surface area contributed by atoms with Crippen molar-refractivity contribution in [2.75, 3.05) is 38.0 Å². The van der Waals surface area contributed by atoms with Gasteiger partial charge in [0.05, 0.1) is 19.9 Å². The fraction of sp³-hybridized carbons (Fsp3) is 0.208. The Morgan fingerprint density at radius 3 is 2.85 bits per heavy atom. The van der Waals surface area contributed by atoms with Gasteiger partial charge in [-0.05, 0) is 42.3 Å². The Bertz CT molecular complexity index is 1430. The van der Waals surface area contributed by atoms with Crippen LogP contribution in [-0.2, 0) is 11.2 Å². The Morgan fingerprint density at radius 2 is 2.06 bits per heavy atom. The highest BCUT2D eigenvalue weighted by molar-refractivity contribution is 5.96. The summed E-state index contributed by atoms with van der Waals surface area (Å²) in [6, 6.07) is 13.5. The van der Waals surface area contributed by atoms with Crippen LogP contribution in [0.25, 0.3) is 16.9 Å². The van der Waals surface area contributed by atoms with Crippen LogP contribution in [0, 0.1) is 11.3 Å². The maximum atomic E-state index is 11.8. The van der Waals surface area contributed by atoms with Crippen molar-refractivity contribution in [1.82, 2.24) is 14.6 Å². The normalized spacial score (nSPS) is 12.4. The topological polar surface area (TPSA) is 126 Å². The van der Waals surface area contributed by atoms with Gasteiger partial charge in [0, 0.05) is 18.3 Å². The minimum atomic E-state index is -0.207. The molecule has 172 valence electrons. The van der Waals surface area contributed by atoms with Gasteiger partial charge in [0.25, 0.3) is 5.91 Å². The number of benzene rings is 2. The van der Waals surface area contributed by atoms with Crippen LogP contribution in [0.2, 0.25) is 0 Å². The van der Waals surface area contributed by atoms with E-state index in [4.69, 9.17) is 19.2 Å². The molecule has 1 aliphatic rings. The molecule has 10 heteroatoms. The van der Waals surface area contributed by atoms with Crippen molar-refractivity contribution in [2.24, 2.45) is 0 Å². The van der Waals surface area contributed by atoms with Crippen molar-refractivity contribution in [1.29, 1.82) is 5.26 Å². The van der Waals surface area contributed by atoms with Crippen molar-refractivity contribution in [3.63, 3.8) is 0 Å². The van der Waals surface area contributed by atoms with Gasteiger partial charge < -0.3 is 24.8 Å². The predicted molar refractivity (Wildman–Crippen MR) is 126 cm³/mol. The second-order valence-electron chi connectivity index (χ2n) is 7.68. The first-order valence-electron chi connectivity index (χ1n) is 10.6. The summed E-state index contributed by atoms with van der Waals surface area (Å²) in [5.41, 5.74) is 4.04. The first-order valence-corrected chi connectivity index (χ1v) is 10.6. The van der Waals surface area contributed by atoms with Crippen molar-refractivity contribution in [3.8, 4) is 34.6 Å². The molecule has 0 bridgehead atoms. The lowest BCUT2D eigenvalue weighted by Gasteiger charge is -2.18. The van der Waals surface area contributed by atoms with Crippen LogP contribution < -0.4 is 24.8 Å². The Hall–Kier alpha value is -4.65.